The van der Waals surface area contributed by atoms with Gasteiger partial charge in [-0.2, -0.15) is 0 Å². The van der Waals surface area contributed by atoms with Gasteiger partial charge in [-0.1, -0.05) is 35.4 Å². The Morgan fingerprint density at radius 3 is 2.47 bits per heavy atom. The van der Waals surface area contributed by atoms with E-state index >= 15 is 0 Å². The number of nitrogens with zero attached hydrogens (tertiary/aromatic N) is 2. The van der Waals surface area contributed by atoms with Gasteiger partial charge in [0.25, 0.3) is 5.82 Å². The van der Waals surface area contributed by atoms with Crippen molar-refractivity contribution in [2.24, 2.45) is 7.05 Å². The molecule has 0 saturated heterocycles. The molecule has 1 aromatic heterocycles. The van der Waals surface area contributed by atoms with E-state index in [1.54, 1.807) is 4.68 Å². The second-order valence-electron chi connectivity index (χ2n) is 3.59. The molecular weight excluding hydrogens is 186 g/mol. The van der Waals surface area contributed by atoms with Crippen LogP contribution in [0, 0.1) is 6.92 Å². The van der Waals surface area contributed by atoms with Crippen molar-refractivity contribution in [2.45, 2.75) is 6.92 Å². The number of aromatic nitrogens is 2. The molecule has 0 atom stereocenters. The zero-order valence-electron chi connectivity index (χ0n) is 8.94. The van der Waals surface area contributed by atoms with Crippen molar-refractivity contribution in [3.63, 3.8) is 0 Å². The van der Waals surface area contributed by atoms with Crippen LogP contribution in [0.3, 0.4) is 0 Å². The Morgan fingerprint density at radius 1 is 1.20 bits per heavy atom. The molecule has 0 aliphatic heterocycles. The lowest BCUT2D eigenvalue weighted by molar-refractivity contribution is -0.716. The number of aryl methyl sites for hydroxylation is 2. The lowest BCUT2D eigenvalue weighted by atomic mass is 10.1. The van der Waals surface area contributed by atoms with Crippen LogP contribution < -0.4 is 10.4 Å². The van der Waals surface area contributed by atoms with Crippen molar-refractivity contribution in [3.05, 3.63) is 42.0 Å². The summed E-state index contributed by atoms with van der Waals surface area (Å²) in [6.07, 6.45) is 0. The molecular formula is C12H14N3+. The summed E-state index contributed by atoms with van der Waals surface area (Å²) >= 11 is 0. The summed E-state index contributed by atoms with van der Waals surface area (Å²) in [5, 5.41) is 4.40. The molecule has 1 aromatic carbocycles. The van der Waals surface area contributed by atoms with E-state index in [1.165, 1.54) is 0 Å². The van der Waals surface area contributed by atoms with Crippen LogP contribution >= 0.6 is 0 Å². The average molecular weight is 200 g/mol. The minimum Gasteiger partial charge on any atom is -0.285 e. The van der Waals surface area contributed by atoms with Gasteiger partial charge in [-0.3, -0.25) is 5.73 Å². The third kappa shape index (κ3) is 1.81. The van der Waals surface area contributed by atoms with Crippen LogP contribution in [0.15, 0.2) is 36.4 Å². The van der Waals surface area contributed by atoms with Gasteiger partial charge in [-0.05, 0) is 13.0 Å². The van der Waals surface area contributed by atoms with Gasteiger partial charge in [-0.15, -0.1) is 4.68 Å². The molecule has 2 aromatic rings. The first-order valence-corrected chi connectivity index (χ1v) is 4.87. The molecule has 1 heterocycles. The SMILES string of the molecule is Cc1cc(-c2ccccc2)n[n+](C)c1N. The number of nitrogen functional groups attached to an aromatic ring is 1. The number of anilines is 1. The van der Waals surface area contributed by atoms with Gasteiger partial charge in [-0.25, -0.2) is 0 Å². The quantitative estimate of drug-likeness (QED) is 0.708. The standard InChI is InChI=1S/C12H13N3/c1-9-8-11(14-15(2)12(9)13)10-6-4-3-5-7-10/h3-8,13H,1-2H3/p+1. The fraction of sp³-hybridized carbons (Fsp3) is 0.167. The number of hydrogen-bond donors (Lipinski definition) is 1. The van der Waals surface area contributed by atoms with Crippen LogP contribution in [0.1, 0.15) is 5.56 Å². The van der Waals surface area contributed by atoms with Gasteiger partial charge in [0.2, 0.25) is 0 Å². The summed E-state index contributed by atoms with van der Waals surface area (Å²) in [7, 11) is 1.86. The highest BCUT2D eigenvalue weighted by atomic mass is 15.3. The third-order valence-electron chi connectivity index (χ3n) is 2.43. The van der Waals surface area contributed by atoms with Gasteiger partial charge in [0.1, 0.15) is 12.7 Å². The van der Waals surface area contributed by atoms with E-state index in [4.69, 9.17) is 5.73 Å². The number of rotatable bonds is 1. The van der Waals surface area contributed by atoms with E-state index in [9.17, 15) is 0 Å². The van der Waals surface area contributed by atoms with Crippen molar-refractivity contribution in [1.29, 1.82) is 0 Å². The normalized spacial score (nSPS) is 10.3. The maximum atomic E-state index is 5.83. The lowest BCUT2D eigenvalue weighted by Gasteiger charge is -2.03. The van der Waals surface area contributed by atoms with Gasteiger partial charge < -0.3 is 0 Å². The van der Waals surface area contributed by atoms with Crippen LogP contribution in [0.4, 0.5) is 5.82 Å². The molecule has 76 valence electrons. The number of hydrogen-bond acceptors (Lipinski definition) is 2. The zero-order valence-corrected chi connectivity index (χ0v) is 8.94. The van der Waals surface area contributed by atoms with Crippen molar-refractivity contribution in [1.82, 2.24) is 5.10 Å². The molecule has 2 rings (SSSR count). The maximum Gasteiger partial charge on any atom is 0.295 e. The topological polar surface area (TPSA) is 42.8 Å². The summed E-state index contributed by atoms with van der Waals surface area (Å²) in [5.74, 6) is 0.703. The van der Waals surface area contributed by atoms with E-state index in [0.717, 1.165) is 16.8 Å². The van der Waals surface area contributed by atoms with E-state index in [1.807, 2.05) is 50.4 Å². The third-order valence-corrected chi connectivity index (χ3v) is 2.43. The molecule has 2 N–H and O–H groups in total. The Labute approximate surface area is 89.2 Å². The predicted molar refractivity (Wildman–Crippen MR) is 60.0 cm³/mol. The molecule has 0 aliphatic carbocycles. The number of nitrogens with two attached hydrogens (primary N) is 1. The Morgan fingerprint density at radius 2 is 1.87 bits per heavy atom. The number of benzene rings is 1. The fourth-order valence-electron chi connectivity index (χ4n) is 1.53. The minimum absolute atomic E-state index is 0.703. The van der Waals surface area contributed by atoms with Crippen LogP contribution in [-0.4, -0.2) is 5.10 Å². The molecule has 0 saturated carbocycles. The summed E-state index contributed by atoms with van der Waals surface area (Å²) in [5.41, 5.74) is 8.93. The molecule has 0 spiro atoms. The highest BCUT2D eigenvalue weighted by Gasteiger charge is 2.09. The Balaban J connectivity index is 2.56. The first-order valence-electron chi connectivity index (χ1n) is 4.87. The maximum absolute atomic E-state index is 5.83. The molecule has 0 aliphatic rings. The van der Waals surface area contributed by atoms with E-state index < -0.39 is 0 Å². The smallest absolute Gasteiger partial charge is 0.285 e. The monoisotopic (exact) mass is 200 g/mol. The average Bonchev–Trinajstić information content (AvgIpc) is 2.26. The lowest BCUT2D eigenvalue weighted by Crippen LogP contribution is -2.37. The van der Waals surface area contributed by atoms with Crippen LogP contribution in [0.25, 0.3) is 11.3 Å². The molecule has 0 radical (unpaired) electrons. The van der Waals surface area contributed by atoms with Crippen LogP contribution in [0.2, 0.25) is 0 Å². The summed E-state index contributed by atoms with van der Waals surface area (Å²) in [6, 6.07) is 12.1. The van der Waals surface area contributed by atoms with Crippen molar-refractivity contribution in [2.75, 3.05) is 5.73 Å². The first-order chi connectivity index (χ1) is 7.18. The second-order valence-corrected chi connectivity index (χ2v) is 3.59. The highest BCUT2D eigenvalue weighted by molar-refractivity contribution is 5.59. The van der Waals surface area contributed by atoms with Gasteiger partial charge in [0, 0.05) is 11.1 Å². The summed E-state index contributed by atoms with van der Waals surface area (Å²) < 4.78 is 1.71. The Hall–Kier alpha value is -1.90. The predicted octanol–water partition coefficient (Wildman–Crippen LogP) is 1.46. The summed E-state index contributed by atoms with van der Waals surface area (Å²) in [4.78, 5) is 0. The Bertz CT molecular complexity index is 454. The minimum atomic E-state index is 0.703. The molecule has 0 unspecified atom stereocenters. The van der Waals surface area contributed by atoms with Crippen molar-refractivity contribution >= 4 is 5.82 Å². The molecule has 3 heteroatoms. The Kier molecular flexibility index (Phi) is 2.37. The van der Waals surface area contributed by atoms with E-state index in [0.29, 0.717) is 5.82 Å². The molecule has 3 nitrogen and oxygen atoms in total. The first kappa shape index (κ1) is 9.65. The highest BCUT2D eigenvalue weighted by Crippen LogP contribution is 2.17. The van der Waals surface area contributed by atoms with Gasteiger partial charge in [0.15, 0.2) is 0 Å². The largest absolute Gasteiger partial charge is 0.295 e. The van der Waals surface area contributed by atoms with Crippen LogP contribution in [0.5, 0.6) is 0 Å². The van der Waals surface area contributed by atoms with Gasteiger partial charge >= 0.3 is 0 Å². The van der Waals surface area contributed by atoms with Crippen molar-refractivity contribution < 1.29 is 4.68 Å². The zero-order chi connectivity index (χ0) is 10.8. The molecule has 15 heavy (non-hydrogen) atoms. The van der Waals surface area contributed by atoms with Crippen LogP contribution in [-0.2, 0) is 7.05 Å². The fourth-order valence-corrected chi connectivity index (χ4v) is 1.53. The molecule has 0 fully saturated rings. The van der Waals surface area contributed by atoms with E-state index in [2.05, 4.69) is 5.10 Å². The van der Waals surface area contributed by atoms with Gasteiger partial charge in [0.05, 0.1) is 0 Å². The molecule has 0 bridgehead atoms. The van der Waals surface area contributed by atoms with E-state index in [-0.39, 0.29) is 0 Å². The summed E-state index contributed by atoms with van der Waals surface area (Å²) in [6.45, 7) is 1.99. The molecule has 0 amide bonds. The second kappa shape index (κ2) is 3.69. The van der Waals surface area contributed by atoms with Crippen molar-refractivity contribution in [3.8, 4) is 11.3 Å².